The predicted molar refractivity (Wildman–Crippen MR) is 111 cm³/mol. The number of aliphatic hydroxyl groups is 2. The Hall–Kier alpha value is -2.44. The van der Waals surface area contributed by atoms with Crippen molar-refractivity contribution >= 4 is 11.9 Å². The summed E-state index contributed by atoms with van der Waals surface area (Å²) in [5.74, 6) is -1.21. The smallest absolute Gasteiger partial charge is 0.330 e. The summed E-state index contributed by atoms with van der Waals surface area (Å²) in [6, 6.07) is 9.70. The molecule has 29 heavy (non-hydrogen) atoms. The number of aliphatic hydroxyl groups excluding tert-OH is 2. The quantitative estimate of drug-likeness (QED) is 0.411. The van der Waals surface area contributed by atoms with Gasteiger partial charge >= 0.3 is 11.9 Å². The monoisotopic (exact) mass is 404 g/mol. The minimum Gasteiger partial charge on any atom is -0.457 e. The highest BCUT2D eigenvalue weighted by molar-refractivity contribution is 5.81. The summed E-state index contributed by atoms with van der Waals surface area (Å²) >= 11 is 0. The molecule has 0 saturated heterocycles. The molecule has 1 rings (SSSR count). The topological polar surface area (TPSA) is 93.1 Å². The summed E-state index contributed by atoms with van der Waals surface area (Å²) in [6.07, 6.45) is -0.132. The molecule has 2 N–H and O–H groups in total. The first kappa shape index (κ1) is 24.6. The average Bonchev–Trinajstić information content (AvgIpc) is 2.67. The largest absolute Gasteiger partial charge is 0.457 e. The molecule has 1 aromatic carbocycles. The molecule has 6 nitrogen and oxygen atoms in total. The van der Waals surface area contributed by atoms with Crippen LogP contribution in [0.25, 0.3) is 0 Å². The highest BCUT2D eigenvalue weighted by Crippen LogP contribution is 2.35. The van der Waals surface area contributed by atoms with Gasteiger partial charge in [-0.2, -0.15) is 0 Å². The second-order valence-corrected chi connectivity index (χ2v) is 7.71. The van der Waals surface area contributed by atoms with Crippen molar-refractivity contribution in [1.82, 2.24) is 0 Å². The molecular formula is C23H32O6. The fourth-order valence-corrected chi connectivity index (χ4v) is 3.28. The van der Waals surface area contributed by atoms with Crippen molar-refractivity contribution in [2.45, 2.75) is 64.4 Å². The van der Waals surface area contributed by atoms with E-state index in [4.69, 9.17) is 9.47 Å². The molecule has 0 aromatic heterocycles. The lowest BCUT2D eigenvalue weighted by Crippen LogP contribution is -2.39. The van der Waals surface area contributed by atoms with E-state index in [1.165, 1.54) is 0 Å². The number of rotatable bonds is 12. The van der Waals surface area contributed by atoms with Crippen LogP contribution in [-0.2, 0) is 25.5 Å². The van der Waals surface area contributed by atoms with E-state index in [0.29, 0.717) is 6.42 Å². The fraction of sp³-hybridized carbons (Fsp3) is 0.478. The Labute approximate surface area is 172 Å². The number of esters is 2. The van der Waals surface area contributed by atoms with Crippen molar-refractivity contribution in [3.8, 4) is 0 Å². The van der Waals surface area contributed by atoms with Gasteiger partial charge in [-0.1, -0.05) is 50.4 Å². The third-order valence-corrected chi connectivity index (χ3v) is 4.90. The van der Waals surface area contributed by atoms with Crippen molar-refractivity contribution in [3.05, 3.63) is 61.2 Å². The third kappa shape index (κ3) is 8.62. The minimum absolute atomic E-state index is 0.271. The van der Waals surface area contributed by atoms with Gasteiger partial charge < -0.3 is 19.7 Å². The van der Waals surface area contributed by atoms with Crippen LogP contribution in [0, 0.1) is 5.41 Å². The molecule has 0 aliphatic rings. The highest BCUT2D eigenvalue weighted by Gasteiger charge is 2.35. The van der Waals surface area contributed by atoms with Gasteiger partial charge in [-0.05, 0) is 44.1 Å². The second kappa shape index (κ2) is 11.5. The Balaban J connectivity index is 2.95. The molecule has 4 atom stereocenters. The van der Waals surface area contributed by atoms with E-state index >= 15 is 0 Å². The van der Waals surface area contributed by atoms with Crippen molar-refractivity contribution in [2.75, 3.05) is 0 Å². The molecule has 0 spiro atoms. The lowest BCUT2D eigenvalue weighted by molar-refractivity contribution is -0.150. The van der Waals surface area contributed by atoms with E-state index in [1.807, 2.05) is 37.3 Å². The summed E-state index contributed by atoms with van der Waals surface area (Å²) < 4.78 is 10.3. The molecule has 6 heteroatoms. The summed E-state index contributed by atoms with van der Waals surface area (Å²) in [5.41, 5.74) is 0.491. The first-order chi connectivity index (χ1) is 13.6. The lowest BCUT2D eigenvalue weighted by Gasteiger charge is -2.36. The number of benzene rings is 1. The molecule has 0 amide bonds. The Bertz CT molecular complexity index is 648. The summed E-state index contributed by atoms with van der Waals surface area (Å²) in [5, 5.41) is 21.2. The van der Waals surface area contributed by atoms with Crippen LogP contribution in [0.5, 0.6) is 0 Å². The SMILES string of the molecule is C=CC(=O)OC(C)C(O)CC(C)(Cc1ccccc1)CC(O)C(C)OC(=O)C=C. The normalized spacial score (nSPS) is 17.1. The molecule has 0 aliphatic heterocycles. The van der Waals surface area contributed by atoms with Gasteiger partial charge in [0.15, 0.2) is 0 Å². The average molecular weight is 405 g/mol. The van der Waals surface area contributed by atoms with Gasteiger partial charge in [0.25, 0.3) is 0 Å². The van der Waals surface area contributed by atoms with Gasteiger partial charge in [0.05, 0.1) is 12.2 Å². The van der Waals surface area contributed by atoms with E-state index < -0.39 is 41.8 Å². The van der Waals surface area contributed by atoms with Crippen LogP contribution in [0.4, 0.5) is 0 Å². The summed E-state index contributed by atoms with van der Waals surface area (Å²) in [7, 11) is 0. The van der Waals surface area contributed by atoms with E-state index in [-0.39, 0.29) is 12.8 Å². The molecule has 0 bridgehead atoms. The molecule has 4 unspecified atom stereocenters. The molecular weight excluding hydrogens is 372 g/mol. The van der Waals surface area contributed by atoms with E-state index in [1.54, 1.807) is 13.8 Å². The van der Waals surface area contributed by atoms with Crippen LogP contribution in [0.15, 0.2) is 55.6 Å². The van der Waals surface area contributed by atoms with Gasteiger partial charge in [0.1, 0.15) is 12.2 Å². The Morgan fingerprint density at radius 3 is 1.76 bits per heavy atom. The number of hydrogen-bond donors (Lipinski definition) is 2. The van der Waals surface area contributed by atoms with Gasteiger partial charge in [-0.15, -0.1) is 0 Å². The predicted octanol–water partition coefficient (Wildman–Crippen LogP) is 2.97. The Kier molecular flexibility index (Phi) is 9.78. The maximum absolute atomic E-state index is 11.4. The van der Waals surface area contributed by atoms with Gasteiger partial charge in [0, 0.05) is 12.2 Å². The van der Waals surface area contributed by atoms with Crippen LogP contribution in [0.3, 0.4) is 0 Å². The van der Waals surface area contributed by atoms with Crippen molar-refractivity contribution < 1.29 is 29.3 Å². The maximum Gasteiger partial charge on any atom is 0.330 e. The Morgan fingerprint density at radius 2 is 1.38 bits per heavy atom. The first-order valence-electron chi connectivity index (χ1n) is 9.66. The third-order valence-electron chi connectivity index (χ3n) is 4.90. The van der Waals surface area contributed by atoms with Crippen LogP contribution in [0.2, 0.25) is 0 Å². The van der Waals surface area contributed by atoms with E-state index in [2.05, 4.69) is 13.2 Å². The summed E-state index contributed by atoms with van der Waals surface area (Å²) in [6.45, 7) is 11.9. The van der Waals surface area contributed by atoms with Crippen molar-refractivity contribution in [2.24, 2.45) is 5.41 Å². The maximum atomic E-state index is 11.4. The number of carbonyl (C=O) groups is 2. The molecule has 0 aliphatic carbocycles. The van der Waals surface area contributed by atoms with Gasteiger partial charge in [-0.3, -0.25) is 0 Å². The zero-order chi connectivity index (χ0) is 22.0. The first-order valence-corrected chi connectivity index (χ1v) is 9.66. The molecule has 0 heterocycles. The van der Waals surface area contributed by atoms with Crippen LogP contribution >= 0.6 is 0 Å². The van der Waals surface area contributed by atoms with Crippen molar-refractivity contribution in [3.63, 3.8) is 0 Å². The molecule has 0 radical (unpaired) electrons. The number of carbonyl (C=O) groups excluding carboxylic acids is 2. The lowest BCUT2D eigenvalue weighted by atomic mass is 9.73. The second-order valence-electron chi connectivity index (χ2n) is 7.71. The van der Waals surface area contributed by atoms with Crippen LogP contribution in [-0.4, -0.2) is 46.6 Å². The zero-order valence-electron chi connectivity index (χ0n) is 17.4. The number of ether oxygens (including phenoxy) is 2. The molecule has 160 valence electrons. The standard InChI is InChI=1S/C23H32O6/c1-6-21(26)28-16(3)19(24)14-23(5,13-18-11-9-8-10-12-18)15-20(25)17(4)29-22(27)7-2/h6-12,16-17,19-20,24-25H,1-2,13-15H2,3-5H3. The minimum atomic E-state index is -0.939. The fourth-order valence-electron chi connectivity index (χ4n) is 3.28. The van der Waals surface area contributed by atoms with Crippen LogP contribution < -0.4 is 0 Å². The molecule has 0 saturated carbocycles. The zero-order valence-corrected chi connectivity index (χ0v) is 17.4. The van der Waals surface area contributed by atoms with E-state index in [0.717, 1.165) is 17.7 Å². The van der Waals surface area contributed by atoms with Crippen molar-refractivity contribution in [1.29, 1.82) is 0 Å². The van der Waals surface area contributed by atoms with E-state index in [9.17, 15) is 19.8 Å². The van der Waals surface area contributed by atoms with Gasteiger partial charge in [0.2, 0.25) is 0 Å². The molecule has 1 aromatic rings. The molecule has 0 fully saturated rings. The summed E-state index contributed by atoms with van der Waals surface area (Å²) in [4.78, 5) is 22.9. The van der Waals surface area contributed by atoms with Gasteiger partial charge in [-0.25, -0.2) is 9.59 Å². The Morgan fingerprint density at radius 1 is 0.966 bits per heavy atom. The van der Waals surface area contributed by atoms with Crippen LogP contribution in [0.1, 0.15) is 39.2 Å². The number of hydrogen-bond acceptors (Lipinski definition) is 6. The highest BCUT2D eigenvalue weighted by atomic mass is 16.6.